The Morgan fingerprint density at radius 3 is 2.60 bits per heavy atom. The van der Waals surface area contributed by atoms with E-state index in [-0.39, 0.29) is 5.75 Å². The SMILES string of the molecule is O=C(NO)[C@H](NS(=O)(=O)Cc1ccc2sccc2c1)c1ccccc1. The minimum Gasteiger partial charge on any atom is -0.289 e. The van der Waals surface area contributed by atoms with Crippen LogP contribution >= 0.6 is 11.3 Å². The molecule has 3 aromatic rings. The van der Waals surface area contributed by atoms with Crippen LogP contribution in [0.5, 0.6) is 0 Å². The lowest BCUT2D eigenvalue weighted by molar-refractivity contribution is -0.131. The van der Waals surface area contributed by atoms with Crippen molar-refractivity contribution in [2.24, 2.45) is 0 Å². The van der Waals surface area contributed by atoms with Gasteiger partial charge in [-0.15, -0.1) is 11.3 Å². The number of carbonyl (C=O) groups is 1. The number of hydroxylamine groups is 1. The fourth-order valence-electron chi connectivity index (χ4n) is 2.53. The van der Waals surface area contributed by atoms with Gasteiger partial charge in [0.15, 0.2) is 0 Å². The van der Waals surface area contributed by atoms with Gasteiger partial charge in [-0.1, -0.05) is 36.4 Å². The van der Waals surface area contributed by atoms with Crippen LogP contribution < -0.4 is 10.2 Å². The molecule has 3 N–H and O–H groups in total. The molecule has 2 aromatic carbocycles. The van der Waals surface area contributed by atoms with Crippen LogP contribution in [0.4, 0.5) is 0 Å². The van der Waals surface area contributed by atoms with E-state index in [9.17, 15) is 13.2 Å². The molecule has 0 fully saturated rings. The van der Waals surface area contributed by atoms with Crippen molar-refractivity contribution in [1.29, 1.82) is 0 Å². The van der Waals surface area contributed by atoms with Gasteiger partial charge in [-0.05, 0) is 40.1 Å². The number of hydrogen-bond donors (Lipinski definition) is 3. The van der Waals surface area contributed by atoms with E-state index in [1.807, 2.05) is 23.6 Å². The van der Waals surface area contributed by atoms with Gasteiger partial charge in [0, 0.05) is 4.70 Å². The van der Waals surface area contributed by atoms with Crippen LogP contribution in [0, 0.1) is 0 Å². The number of sulfonamides is 1. The average Bonchev–Trinajstić information content (AvgIpc) is 3.07. The molecule has 6 nitrogen and oxygen atoms in total. The molecule has 0 spiro atoms. The van der Waals surface area contributed by atoms with Crippen molar-refractivity contribution in [3.8, 4) is 0 Å². The third-order valence-corrected chi connectivity index (χ3v) is 5.88. The second kappa shape index (κ2) is 7.32. The molecule has 0 aliphatic heterocycles. The van der Waals surface area contributed by atoms with E-state index in [4.69, 9.17) is 5.21 Å². The fraction of sp³-hybridized carbons (Fsp3) is 0.118. The maximum absolute atomic E-state index is 12.5. The molecule has 0 saturated carbocycles. The first-order valence-electron chi connectivity index (χ1n) is 7.43. The predicted molar refractivity (Wildman–Crippen MR) is 96.7 cm³/mol. The molecule has 1 heterocycles. The zero-order valence-electron chi connectivity index (χ0n) is 13.0. The monoisotopic (exact) mass is 376 g/mol. The molecule has 1 amide bonds. The highest BCUT2D eigenvalue weighted by Gasteiger charge is 2.26. The van der Waals surface area contributed by atoms with Gasteiger partial charge in [-0.25, -0.2) is 13.9 Å². The van der Waals surface area contributed by atoms with E-state index >= 15 is 0 Å². The summed E-state index contributed by atoms with van der Waals surface area (Å²) in [6.07, 6.45) is 0. The maximum Gasteiger partial charge on any atom is 0.266 e. The number of hydrogen-bond acceptors (Lipinski definition) is 5. The number of benzene rings is 2. The highest BCUT2D eigenvalue weighted by Crippen LogP contribution is 2.23. The Kier molecular flexibility index (Phi) is 5.14. The number of carbonyl (C=O) groups excluding carboxylic acids is 1. The maximum atomic E-state index is 12.5. The molecule has 1 atom stereocenters. The van der Waals surface area contributed by atoms with Gasteiger partial charge in [0.2, 0.25) is 10.0 Å². The molecule has 1 aromatic heterocycles. The van der Waals surface area contributed by atoms with Crippen molar-refractivity contribution in [1.82, 2.24) is 10.2 Å². The minimum atomic E-state index is -3.81. The second-order valence-corrected chi connectivity index (χ2v) is 8.19. The molecule has 8 heteroatoms. The molecule has 0 bridgehead atoms. The predicted octanol–water partition coefficient (Wildman–Crippen LogP) is 2.57. The van der Waals surface area contributed by atoms with E-state index in [0.717, 1.165) is 10.1 Å². The minimum absolute atomic E-state index is 0.263. The highest BCUT2D eigenvalue weighted by atomic mass is 32.2. The van der Waals surface area contributed by atoms with Gasteiger partial charge in [-0.3, -0.25) is 10.0 Å². The molecule has 0 radical (unpaired) electrons. The van der Waals surface area contributed by atoms with Gasteiger partial charge >= 0.3 is 0 Å². The summed E-state index contributed by atoms with van der Waals surface area (Å²) in [6, 6.07) is 14.5. The lowest BCUT2D eigenvalue weighted by Gasteiger charge is -2.17. The smallest absolute Gasteiger partial charge is 0.266 e. The Bertz CT molecular complexity index is 984. The van der Waals surface area contributed by atoms with E-state index < -0.39 is 22.0 Å². The van der Waals surface area contributed by atoms with Crippen LogP contribution in [-0.2, 0) is 20.6 Å². The Hall–Kier alpha value is -2.26. The van der Waals surface area contributed by atoms with E-state index in [2.05, 4.69) is 4.72 Å². The van der Waals surface area contributed by atoms with Crippen molar-refractivity contribution in [2.45, 2.75) is 11.8 Å². The molecule has 25 heavy (non-hydrogen) atoms. The topological polar surface area (TPSA) is 95.5 Å². The normalized spacial score (nSPS) is 12.8. The lowest BCUT2D eigenvalue weighted by Crippen LogP contribution is -2.39. The summed E-state index contributed by atoms with van der Waals surface area (Å²) in [7, 11) is -3.81. The number of thiophene rings is 1. The fourth-order valence-corrected chi connectivity index (χ4v) is 4.60. The van der Waals surface area contributed by atoms with Crippen LogP contribution in [0.15, 0.2) is 60.0 Å². The highest BCUT2D eigenvalue weighted by molar-refractivity contribution is 7.88. The summed E-state index contributed by atoms with van der Waals surface area (Å²) in [5.41, 5.74) is 2.56. The summed E-state index contributed by atoms with van der Waals surface area (Å²) in [4.78, 5) is 11.9. The quantitative estimate of drug-likeness (QED) is 0.455. The van der Waals surface area contributed by atoms with E-state index in [1.54, 1.807) is 47.7 Å². The molecule has 130 valence electrons. The summed E-state index contributed by atoms with van der Waals surface area (Å²) < 4.78 is 28.4. The van der Waals surface area contributed by atoms with Crippen molar-refractivity contribution >= 4 is 37.4 Å². The number of fused-ring (bicyclic) bond motifs is 1. The van der Waals surface area contributed by atoms with Gasteiger partial charge in [0.25, 0.3) is 5.91 Å². The van der Waals surface area contributed by atoms with Crippen molar-refractivity contribution < 1.29 is 18.4 Å². The molecular weight excluding hydrogens is 360 g/mol. The summed E-state index contributed by atoms with van der Waals surface area (Å²) in [6.45, 7) is 0. The summed E-state index contributed by atoms with van der Waals surface area (Å²) in [5, 5.41) is 11.8. The Labute approximate surface area is 149 Å². The van der Waals surface area contributed by atoms with E-state index in [1.165, 1.54) is 5.48 Å². The van der Waals surface area contributed by atoms with Crippen LogP contribution in [0.1, 0.15) is 17.2 Å². The third kappa shape index (κ3) is 4.23. The van der Waals surface area contributed by atoms with E-state index in [0.29, 0.717) is 11.1 Å². The third-order valence-electron chi connectivity index (χ3n) is 3.68. The zero-order valence-corrected chi connectivity index (χ0v) is 14.7. The average molecular weight is 376 g/mol. The standard InChI is InChI=1S/C17H16N2O4S2/c20-17(18-21)16(13-4-2-1-3-5-13)19-25(22,23)11-12-6-7-15-14(10-12)8-9-24-15/h1-10,16,19,21H,11H2,(H,18,20)/t16-/m1/s1. The van der Waals surface area contributed by atoms with Crippen molar-refractivity contribution in [2.75, 3.05) is 0 Å². The van der Waals surface area contributed by atoms with Gasteiger partial charge in [-0.2, -0.15) is 4.72 Å². The summed E-state index contributed by atoms with van der Waals surface area (Å²) in [5.74, 6) is -1.11. The Balaban J connectivity index is 1.83. The molecule has 0 aliphatic rings. The summed E-state index contributed by atoms with van der Waals surface area (Å²) >= 11 is 1.58. The first-order chi connectivity index (χ1) is 12.0. The molecule has 3 rings (SSSR count). The van der Waals surface area contributed by atoms with Crippen LogP contribution in [0.2, 0.25) is 0 Å². The molecular formula is C17H16N2O4S2. The molecule has 0 saturated heterocycles. The van der Waals surface area contributed by atoms with Gasteiger partial charge in [0.1, 0.15) is 6.04 Å². The first kappa shape index (κ1) is 17.6. The molecule has 0 aliphatic carbocycles. The first-order valence-corrected chi connectivity index (χ1v) is 9.97. The van der Waals surface area contributed by atoms with Crippen LogP contribution in [0.3, 0.4) is 0 Å². The Morgan fingerprint density at radius 1 is 1.12 bits per heavy atom. The van der Waals surface area contributed by atoms with Crippen molar-refractivity contribution in [3.63, 3.8) is 0 Å². The van der Waals surface area contributed by atoms with Crippen molar-refractivity contribution in [3.05, 3.63) is 71.1 Å². The van der Waals surface area contributed by atoms with Gasteiger partial charge < -0.3 is 0 Å². The largest absolute Gasteiger partial charge is 0.289 e. The number of rotatable bonds is 6. The van der Waals surface area contributed by atoms with Crippen LogP contribution in [0.25, 0.3) is 10.1 Å². The molecule has 0 unspecified atom stereocenters. The van der Waals surface area contributed by atoms with Gasteiger partial charge in [0.05, 0.1) is 5.75 Å². The second-order valence-electron chi connectivity index (χ2n) is 5.49. The number of amides is 1. The van der Waals surface area contributed by atoms with Crippen LogP contribution in [-0.4, -0.2) is 19.5 Å². The zero-order chi connectivity index (χ0) is 17.9. The Morgan fingerprint density at radius 2 is 1.88 bits per heavy atom. The number of nitrogens with one attached hydrogen (secondary N) is 2. The lowest BCUT2D eigenvalue weighted by atomic mass is 10.1.